The van der Waals surface area contributed by atoms with Crippen molar-refractivity contribution in [2.24, 2.45) is 14.1 Å². The van der Waals surface area contributed by atoms with Crippen molar-refractivity contribution in [3.8, 4) is 0 Å². The number of nitrogens with zero attached hydrogens (tertiary/aromatic N) is 4. The Hall–Kier alpha value is -2.81. The molecular formula is C18H20N4O4S. The predicted octanol–water partition coefficient (Wildman–Crippen LogP) is 1.24. The van der Waals surface area contributed by atoms with Crippen molar-refractivity contribution >= 4 is 28.9 Å². The summed E-state index contributed by atoms with van der Waals surface area (Å²) in [5, 5.41) is 9.42. The molecule has 2 aromatic heterocycles. The average Bonchev–Trinajstić information content (AvgIpc) is 3.02. The van der Waals surface area contributed by atoms with E-state index in [9.17, 15) is 14.4 Å². The molecule has 3 aromatic rings. The van der Waals surface area contributed by atoms with Crippen molar-refractivity contribution in [2.45, 2.75) is 24.5 Å². The van der Waals surface area contributed by atoms with Crippen molar-refractivity contribution in [1.29, 1.82) is 0 Å². The Bertz CT molecular complexity index is 1100. The Kier molecular flexibility index (Phi) is 5.50. The van der Waals surface area contributed by atoms with Gasteiger partial charge < -0.3 is 9.67 Å². The van der Waals surface area contributed by atoms with E-state index < -0.39 is 17.2 Å². The fourth-order valence-electron chi connectivity index (χ4n) is 2.90. The first-order valence-corrected chi connectivity index (χ1v) is 9.43. The van der Waals surface area contributed by atoms with Gasteiger partial charge in [-0.2, -0.15) is 0 Å². The number of hydrogen-bond donors (Lipinski definition) is 1. The molecule has 0 aliphatic heterocycles. The van der Waals surface area contributed by atoms with Gasteiger partial charge in [0.25, 0.3) is 5.56 Å². The van der Waals surface area contributed by atoms with Crippen LogP contribution in [0.25, 0.3) is 11.2 Å². The van der Waals surface area contributed by atoms with Crippen LogP contribution in [0.15, 0.2) is 45.1 Å². The van der Waals surface area contributed by atoms with Crippen LogP contribution in [0, 0.1) is 0 Å². The second-order valence-corrected chi connectivity index (χ2v) is 7.21. The molecule has 9 heteroatoms. The zero-order valence-electron chi connectivity index (χ0n) is 15.1. The highest BCUT2D eigenvalue weighted by Gasteiger charge is 2.19. The van der Waals surface area contributed by atoms with Gasteiger partial charge in [0.2, 0.25) is 0 Å². The van der Waals surface area contributed by atoms with Gasteiger partial charge >= 0.3 is 11.7 Å². The smallest absolute Gasteiger partial charge is 0.332 e. The lowest BCUT2D eigenvalue weighted by Gasteiger charge is -2.11. The average molecular weight is 388 g/mol. The number of carboxylic acid groups (broad SMARTS) is 1. The molecule has 142 valence electrons. The van der Waals surface area contributed by atoms with E-state index in [0.29, 0.717) is 29.5 Å². The minimum atomic E-state index is -0.891. The quantitative estimate of drug-likeness (QED) is 0.612. The van der Waals surface area contributed by atoms with Crippen LogP contribution in [0.5, 0.6) is 0 Å². The second kappa shape index (κ2) is 7.83. The van der Waals surface area contributed by atoms with Gasteiger partial charge in [-0.3, -0.25) is 18.7 Å². The summed E-state index contributed by atoms with van der Waals surface area (Å²) in [6.07, 6.45) is 0.686. The molecule has 0 atom stereocenters. The van der Waals surface area contributed by atoms with E-state index in [-0.39, 0.29) is 11.9 Å². The van der Waals surface area contributed by atoms with Crippen LogP contribution in [0.2, 0.25) is 0 Å². The topological polar surface area (TPSA) is 99.1 Å². The molecule has 1 N–H and O–H groups in total. The number of imidazole rings is 1. The second-order valence-electron chi connectivity index (χ2n) is 6.15. The summed E-state index contributed by atoms with van der Waals surface area (Å²) in [6, 6.07) is 9.87. The normalized spacial score (nSPS) is 11.2. The largest absolute Gasteiger partial charge is 0.481 e. The molecule has 3 rings (SSSR count). The maximum Gasteiger partial charge on any atom is 0.332 e. The lowest BCUT2D eigenvalue weighted by atomic mass is 10.1. The van der Waals surface area contributed by atoms with E-state index in [4.69, 9.17) is 5.11 Å². The summed E-state index contributed by atoms with van der Waals surface area (Å²) in [6.45, 7) is 0.524. The van der Waals surface area contributed by atoms with Crippen LogP contribution in [0.3, 0.4) is 0 Å². The van der Waals surface area contributed by atoms with Gasteiger partial charge in [0.15, 0.2) is 16.3 Å². The van der Waals surface area contributed by atoms with E-state index >= 15 is 0 Å². The Morgan fingerprint density at radius 1 is 1.15 bits per heavy atom. The number of benzene rings is 1. The Balaban J connectivity index is 2.07. The summed E-state index contributed by atoms with van der Waals surface area (Å²) >= 11 is 1.27. The van der Waals surface area contributed by atoms with Gasteiger partial charge in [-0.05, 0) is 12.0 Å². The first-order valence-electron chi connectivity index (χ1n) is 8.45. The van der Waals surface area contributed by atoms with Crippen molar-refractivity contribution in [3.63, 3.8) is 0 Å². The monoisotopic (exact) mass is 388 g/mol. The van der Waals surface area contributed by atoms with Crippen molar-refractivity contribution in [1.82, 2.24) is 18.7 Å². The Labute approximate surface area is 159 Å². The molecule has 0 saturated carbocycles. The van der Waals surface area contributed by atoms with E-state index in [1.807, 2.05) is 34.9 Å². The Morgan fingerprint density at radius 2 is 1.85 bits per heavy atom. The highest BCUT2D eigenvalue weighted by molar-refractivity contribution is 7.99. The third kappa shape index (κ3) is 3.82. The van der Waals surface area contributed by atoms with Gasteiger partial charge in [-0.25, -0.2) is 9.78 Å². The summed E-state index contributed by atoms with van der Waals surface area (Å²) in [7, 11) is 3.03. The number of aromatic nitrogens is 4. The molecule has 1 aromatic carbocycles. The molecule has 0 saturated heterocycles. The minimum absolute atomic E-state index is 0.0104. The fraction of sp³-hybridized carbons (Fsp3) is 0.333. The molecule has 0 amide bonds. The third-order valence-corrected chi connectivity index (χ3v) is 5.30. The van der Waals surface area contributed by atoms with E-state index in [1.54, 1.807) is 7.05 Å². The van der Waals surface area contributed by atoms with Gasteiger partial charge in [-0.1, -0.05) is 42.1 Å². The summed E-state index contributed by atoms with van der Waals surface area (Å²) in [5.41, 5.74) is 0.916. The SMILES string of the molecule is Cn1c(=O)c2nc(SCCC(=O)O)n(CCc3ccccc3)c2n(C)c1=O. The number of thioether (sulfide) groups is 1. The maximum absolute atomic E-state index is 12.5. The zero-order chi connectivity index (χ0) is 19.6. The molecule has 0 aliphatic rings. The molecule has 0 aliphatic carbocycles. The highest BCUT2D eigenvalue weighted by Crippen LogP contribution is 2.23. The van der Waals surface area contributed by atoms with Gasteiger partial charge in [-0.15, -0.1) is 0 Å². The number of fused-ring (bicyclic) bond motifs is 1. The number of rotatable bonds is 7. The molecule has 27 heavy (non-hydrogen) atoms. The third-order valence-electron chi connectivity index (χ3n) is 4.32. The Morgan fingerprint density at radius 3 is 2.52 bits per heavy atom. The van der Waals surface area contributed by atoms with E-state index in [0.717, 1.165) is 10.1 Å². The number of hydrogen-bond acceptors (Lipinski definition) is 5. The molecule has 0 radical (unpaired) electrons. The van der Waals surface area contributed by atoms with Crippen LogP contribution < -0.4 is 11.2 Å². The number of aliphatic carboxylic acids is 1. The molecule has 0 unspecified atom stereocenters. The van der Waals surface area contributed by atoms with Crippen LogP contribution in [-0.4, -0.2) is 35.5 Å². The van der Waals surface area contributed by atoms with Gasteiger partial charge in [0, 0.05) is 26.4 Å². The van der Waals surface area contributed by atoms with Gasteiger partial charge in [0.1, 0.15) is 0 Å². The zero-order valence-corrected chi connectivity index (χ0v) is 15.9. The molecular weight excluding hydrogens is 368 g/mol. The van der Waals surface area contributed by atoms with Gasteiger partial charge in [0.05, 0.1) is 6.42 Å². The van der Waals surface area contributed by atoms with E-state index in [1.165, 1.54) is 23.4 Å². The first kappa shape index (κ1) is 19.0. The molecule has 0 fully saturated rings. The van der Waals surface area contributed by atoms with Crippen molar-refractivity contribution < 1.29 is 9.90 Å². The standard InChI is InChI=1S/C18H20N4O4S/c1-20-15-14(16(25)21(2)18(20)26)19-17(27-11-9-13(23)24)22(15)10-8-12-6-4-3-5-7-12/h3-7H,8-11H2,1-2H3,(H,23,24). The summed E-state index contributed by atoms with van der Waals surface area (Å²) in [4.78, 5) is 40.1. The van der Waals surface area contributed by atoms with Crippen LogP contribution in [-0.2, 0) is 31.9 Å². The molecule has 0 bridgehead atoms. The van der Waals surface area contributed by atoms with Crippen LogP contribution >= 0.6 is 11.8 Å². The first-order chi connectivity index (χ1) is 12.9. The fourth-order valence-corrected chi connectivity index (χ4v) is 3.84. The van der Waals surface area contributed by atoms with Crippen molar-refractivity contribution in [3.05, 3.63) is 56.7 Å². The van der Waals surface area contributed by atoms with Crippen molar-refractivity contribution in [2.75, 3.05) is 5.75 Å². The lowest BCUT2D eigenvalue weighted by molar-refractivity contribution is -0.136. The number of carboxylic acids is 1. The molecule has 2 heterocycles. The summed E-state index contributed by atoms with van der Waals surface area (Å²) in [5.74, 6) is -0.559. The minimum Gasteiger partial charge on any atom is -0.481 e. The number of aryl methyl sites for hydroxylation is 3. The molecule has 8 nitrogen and oxygen atoms in total. The van der Waals surface area contributed by atoms with Crippen LogP contribution in [0.4, 0.5) is 0 Å². The highest BCUT2D eigenvalue weighted by atomic mass is 32.2. The number of carbonyl (C=O) groups is 1. The predicted molar refractivity (Wildman–Crippen MR) is 103 cm³/mol. The van der Waals surface area contributed by atoms with Crippen LogP contribution in [0.1, 0.15) is 12.0 Å². The maximum atomic E-state index is 12.5. The summed E-state index contributed by atoms with van der Waals surface area (Å²) < 4.78 is 4.27. The molecule has 0 spiro atoms. The lowest BCUT2D eigenvalue weighted by Crippen LogP contribution is -2.37. The van der Waals surface area contributed by atoms with E-state index in [2.05, 4.69) is 4.98 Å².